The number of hydrogen-bond donors (Lipinski definition) is 4. The zero-order valence-electron chi connectivity index (χ0n) is 14.3. The molecule has 0 aliphatic carbocycles. The highest BCUT2D eigenvalue weighted by atomic mass is 19.1. The molecule has 0 bridgehead atoms. The summed E-state index contributed by atoms with van der Waals surface area (Å²) in [6.45, 7) is 0.0784. The fourth-order valence-corrected chi connectivity index (χ4v) is 2.72. The van der Waals surface area contributed by atoms with Crippen molar-refractivity contribution in [1.29, 1.82) is 0 Å². The Hall–Kier alpha value is -3.26. The summed E-state index contributed by atoms with van der Waals surface area (Å²) in [4.78, 5) is 31.1. The average Bonchev–Trinajstić information content (AvgIpc) is 2.63. The number of fused-ring (bicyclic) bond motifs is 1. The molecule has 0 atom stereocenters. The quantitative estimate of drug-likeness (QED) is 0.490. The summed E-state index contributed by atoms with van der Waals surface area (Å²) >= 11 is 0. The van der Waals surface area contributed by atoms with Gasteiger partial charge in [-0.3, -0.25) is 14.6 Å². The van der Waals surface area contributed by atoms with Gasteiger partial charge in [-0.05, 0) is 42.2 Å². The number of carbonyl (C=O) groups is 1. The summed E-state index contributed by atoms with van der Waals surface area (Å²) in [5.74, 6) is -1.56. The number of carbonyl (C=O) groups excluding carboxylic acids is 1. The van der Waals surface area contributed by atoms with Crippen LogP contribution in [0.5, 0.6) is 5.75 Å². The van der Waals surface area contributed by atoms with E-state index in [4.69, 9.17) is 5.11 Å². The standard InChI is InChI=1S/C19H18FN3O4/c20-13-4-2-11(3-5-13)8-12-9-14-16(22-10-12)17(25)15(19(27)23-14)18(26)21-6-1-7-24/h2-5,9-10,24H,1,6-8H2,(H,21,26)(H2,23,25,27). The van der Waals surface area contributed by atoms with Crippen molar-refractivity contribution in [3.8, 4) is 5.75 Å². The molecular formula is C19H18FN3O4. The molecule has 0 radical (unpaired) electrons. The van der Waals surface area contributed by atoms with Gasteiger partial charge >= 0.3 is 0 Å². The molecule has 0 aliphatic heterocycles. The lowest BCUT2D eigenvalue weighted by Gasteiger charge is -2.09. The highest BCUT2D eigenvalue weighted by Crippen LogP contribution is 2.24. The van der Waals surface area contributed by atoms with Crippen molar-refractivity contribution >= 4 is 16.9 Å². The van der Waals surface area contributed by atoms with E-state index in [9.17, 15) is 19.1 Å². The van der Waals surface area contributed by atoms with Crippen molar-refractivity contribution < 1.29 is 19.4 Å². The average molecular weight is 371 g/mol. The summed E-state index contributed by atoms with van der Waals surface area (Å²) in [5.41, 5.74) is 0.864. The lowest BCUT2D eigenvalue weighted by Crippen LogP contribution is -2.30. The van der Waals surface area contributed by atoms with Crippen LogP contribution in [0.1, 0.15) is 27.9 Å². The Morgan fingerprint density at radius 1 is 1.22 bits per heavy atom. The molecule has 0 fully saturated rings. The predicted molar refractivity (Wildman–Crippen MR) is 97.3 cm³/mol. The van der Waals surface area contributed by atoms with E-state index in [1.54, 1.807) is 18.2 Å². The minimum Gasteiger partial charge on any atom is -0.505 e. The van der Waals surface area contributed by atoms with Gasteiger partial charge < -0.3 is 20.5 Å². The Morgan fingerprint density at radius 3 is 2.67 bits per heavy atom. The van der Waals surface area contributed by atoms with Crippen LogP contribution in [0, 0.1) is 5.82 Å². The van der Waals surface area contributed by atoms with E-state index in [1.165, 1.54) is 18.3 Å². The zero-order chi connectivity index (χ0) is 19.4. The smallest absolute Gasteiger partial charge is 0.265 e. The summed E-state index contributed by atoms with van der Waals surface area (Å²) in [5, 5.41) is 21.5. The third-order valence-electron chi connectivity index (χ3n) is 4.05. The molecule has 0 saturated carbocycles. The minimum atomic E-state index is -0.735. The Morgan fingerprint density at radius 2 is 1.96 bits per heavy atom. The van der Waals surface area contributed by atoms with Crippen molar-refractivity contribution in [3.63, 3.8) is 0 Å². The maximum absolute atomic E-state index is 13.0. The third kappa shape index (κ3) is 4.12. The predicted octanol–water partition coefficient (Wildman–Crippen LogP) is 1.47. The number of rotatable bonds is 6. The molecule has 0 spiro atoms. The summed E-state index contributed by atoms with van der Waals surface area (Å²) < 4.78 is 13.0. The van der Waals surface area contributed by atoms with Gasteiger partial charge in [0, 0.05) is 19.3 Å². The highest BCUT2D eigenvalue weighted by molar-refractivity contribution is 6.01. The van der Waals surface area contributed by atoms with Crippen LogP contribution in [0.4, 0.5) is 4.39 Å². The Kier molecular flexibility index (Phi) is 5.46. The number of aliphatic hydroxyl groups is 1. The molecule has 27 heavy (non-hydrogen) atoms. The number of amides is 1. The number of nitrogens with zero attached hydrogens (tertiary/aromatic N) is 1. The van der Waals surface area contributed by atoms with Crippen molar-refractivity contribution in [2.45, 2.75) is 12.8 Å². The number of halogens is 1. The van der Waals surface area contributed by atoms with Gasteiger partial charge in [-0.2, -0.15) is 0 Å². The van der Waals surface area contributed by atoms with E-state index in [0.29, 0.717) is 18.4 Å². The molecule has 2 heterocycles. The van der Waals surface area contributed by atoms with Gasteiger partial charge in [0.1, 0.15) is 16.9 Å². The second kappa shape index (κ2) is 7.96. The van der Waals surface area contributed by atoms with Crippen molar-refractivity contribution in [1.82, 2.24) is 15.3 Å². The molecular weight excluding hydrogens is 353 g/mol. The Bertz CT molecular complexity index is 1030. The van der Waals surface area contributed by atoms with Crippen LogP contribution in [0.15, 0.2) is 41.3 Å². The number of H-pyrrole nitrogens is 1. The number of aliphatic hydroxyl groups excluding tert-OH is 1. The first-order valence-corrected chi connectivity index (χ1v) is 8.37. The monoisotopic (exact) mass is 371 g/mol. The van der Waals surface area contributed by atoms with Crippen LogP contribution >= 0.6 is 0 Å². The van der Waals surface area contributed by atoms with Crippen LogP contribution < -0.4 is 10.9 Å². The maximum Gasteiger partial charge on any atom is 0.265 e. The lowest BCUT2D eigenvalue weighted by atomic mass is 10.1. The molecule has 1 amide bonds. The van der Waals surface area contributed by atoms with Gasteiger partial charge in [0.05, 0.1) is 5.52 Å². The maximum atomic E-state index is 13.0. The topological polar surface area (TPSA) is 115 Å². The van der Waals surface area contributed by atoms with Gasteiger partial charge in [-0.25, -0.2) is 4.39 Å². The Balaban J connectivity index is 1.92. The van der Waals surface area contributed by atoms with Crippen molar-refractivity contribution in [3.05, 3.63) is 69.4 Å². The molecule has 2 aromatic heterocycles. The second-order valence-corrected chi connectivity index (χ2v) is 6.05. The van der Waals surface area contributed by atoms with Gasteiger partial charge in [-0.1, -0.05) is 12.1 Å². The number of hydrogen-bond acceptors (Lipinski definition) is 5. The normalized spacial score (nSPS) is 10.9. The molecule has 140 valence electrons. The van der Waals surface area contributed by atoms with Gasteiger partial charge in [0.25, 0.3) is 11.5 Å². The first-order chi connectivity index (χ1) is 13.0. The highest BCUT2D eigenvalue weighted by Gasteiger charge is 2.19. The van der Waals surface area contributed by atoms with Crippen LogP contribution in [0.25, 0.3) is 11.0 Å². The number of aromatic amines is 1. The summed E-state index contributed by atoms with van der Waals surface area (Å²) in [7, 11) is 0. The molecule has 0 unspecified atom stereocenters. The van der Waals surface area contributed by atoms with Gasteiger partial charge in [0.2, 0.25) is 0 Å². The first kappa shape index (κ1) is 18.5. The number of pyridine rings is 2. The lowest BCUT2D eigenvalue weighted by molar-refractivity contribution is 0.0947. The molecule has 7 nitrogen and oxygen atoms in total. The number of benzene rings is 1. The van der Waals surface area contributed by atoms with Crippen LogP contribution in [-0.2, 0) is 6.42 Å². The second-order valence-electron chi connectivity index (χ2n) is 6.05. The van der Waals surface area contributed by atoms with E-state index in [0.717, 1.165) is 11.1 Å². The molecule has 0 aliphatic rings. The van der Waals surface area contributed by atoms with Gasteiger partial charge in [-0.15, -0.1) is 0 Å². The molecule has 3 rings (SSSR count). The number of nitrogens with one attached hydrogen (secondary N) is 2. The molecule has 8 heteroatoms. The van der Waals surface area contributed by atoms with Crippen LogP contribution in [0.2, 0.25) is 0 Å². The van der Waals surface area contributed by atoms with E-state index < -0.39 is 22.8 Å². The third-order valence-corrected chi connectivity index (χ3v) is 4.05. The van der Waals surface area contributed by atoms with E-state index in [-0.39, 0.29) is 24.5 Å². The Labute approximate surface area is 153 Å². The van der Waals surface area contributed by atoms with Crippen LogP contribution in [-0.4, -0.2) is 39.2 Å². The number of aromatic hydroxyl groups is 1. The fourth-order valence-electron chi connectivity index (χ4n) is 2.72. The zero-order valence-corrected chi connectivity index (χ0v) is 14.3. The molecule has 0 saturated heterocycles. The van der Waals surface area contributed by atoms with E-state index in [1.807, 2.05) is 0 Å². The number of aromatic nitrogens is 2. The van der Waals surface area contributed by atoms with Crippen LogP contribution in [0.3, 0.4) is 0 Å². The van der Waals surface area contributed by atoms with E-state index in [2.05, 4.69) is 15.3 Å². The molecule has 3 aromatic rings. The molecule has 1 aromatic carbocycles. The van der Waals surface area contributed by atoms with Crippen molar-refractivity contribution in [2.75, 3.05) is 13.2 Å². The fraction of sp³-hybridized carbons (Fsp3) is 0.211. The van der Waals surface area contributed by atoms with Crippen molar-refractivity contribution in [2.24, 2.45) is 0 Å². The van der Waals surface area contributed by atoms with E-state index >= 15 is 0 Å². The minimum absolute atomic E-state index is 0.0985. The first-order valence-electron chi connectivity index (χ1n) is 8.37. The summed E-state index contributed by atoms with van der Waals surface area (Å²) in [6, 6.07) is 7.68. The summed E-state index contributed by atoms with van der Waals surface area (Å²) in [6.07, 6.45) is 2.33. The largest absolute Gasteiger partial charge is 0.505 e. The molecule has 4 N–H and O–H groups in total. The SMILES string of the molecule is O=C(NCCCO)c1c(O)c2ncc(Cc3ccc(F)cc3)cc2[nH]c1=O. The van der Waals surface area contributed by atoms with Gasteiger partial charge in [0.15, 0.2) is 5.75 Å².